The van der Waals surface area contributed by atoms with Crippen LogP contribution in [-0.4, -0.2) is 9.97 Å². The van der Waals surface area contributed by atoms with Gasteiger partial charge >= 0.3 is 6.18 Å². The third-order valence-corrected chi connectivity index (χ3v) is 2.91. The predicted octanol–water partition coefficient (Wildman–Crippen LogP) is 2.98. The number of hydrogen-bond donors (Lipinski definition) is 0. The lowest BCUT2D eigenvalue weighted by atomic mass is 9.94. The van der Waals surface area contributed by atoms with Crippen LogP contribution < -0.4 is 0 Å². The molecular weight excluding hydrogens is 320 g/mol. The summed E-state index contributed by atoms with van der Waals surface area (Å²) in [6.07, 6.45) is -1.57. The Balaban J connectivity index is 2.58. The van der Waals surface area contributed by atoms with Crippen LogP contribution in [0.25, 0.3) is 0 Å². The highest BCUT2D eigenvalue weighted by atomic mass is 127. The molecule has 82 valence electrons. The van der Waals surface area contributed by atoms with Crippen molar-refractivity contribution in [1.82, 2.24) is 9.97 Å². The monoisotopic (exact) mass is 328 g/mol. The smallest absolute Gasteiger partial charge is 0.228 e. The molecule has 1 aromatic rings. The highest BCUT2D eigenvalue weighted by molar-refractivity contribution is 14.1. The average molecular weight is 328 g/mol. The maximum absolute atomic E-state index is 12.7. The van der Waals surface area contributed by atoms with E-state index in [1.165, 1.54) is 0 Å². The van der Waals surface area contributed by atoms with Gasteiger partial charge in [0.2, 0.25) is 0 Å². The quantitative estimate of drug-likeness (QED) is 0.541. The van der Waals surface area contributed by atoms with E-state index in [1.807, 2.05) is 0 Å². The molecular formula is C9H8F3IN2. The average Bonchev–Trinajstić information content (AvgIpc) is 2.15. The molecule has 2 nitrogen and oxygen atoms in total. The normalized spacial score (nSPS) is 16.3. The fourth-order valence-corrected chi connectivity index (χ4v) is 2.33. The van der Waals surface area contributed by atoms with Gasteiger partial charge in [0.1, 0.15) is 0 Å². The highest BCUT2D eigenvalue weighted by Crippen LogP contribution is 2.34. The van der Waals surface area contributed by atoms with Gasteiger partial charge in [0.15, 0.2) is 9.53 Å². The Hall–Kier alpha value is -0.400. The Labute approximate surface area is 98.4 Å². The lowest BCUT2D eigenvalue weighted by Crippen LogP contribution is -2.19. The van der Waals surface area contributed by atoms with Crippen LogP contribution in [0.5, 0.6) is 0 Å². The van der Waals surface area contributed by atoms with Gasteiger partial charge in [-0.25, -0.2) is 9.97 Å². The molecule has 1 aliphatic carbocycles. The first-order valence-electron chi connectivity index (χ1n) is 4.61. The van der Waals surface area contributed by atoms with E-state index < -0.39 is 11.9 Å². The topological polar surface area (TPSA) is 25.8 Å². The van der Waals surface area contributed by atoms with Crippen LogP contribution in [0.1, 0.15) is 29.8 Å². The van der Waals surface area contributed by atoms with E-state index in [1.54, 1.807) is 22.6 Å². The summed E-state index contributed by atoms with van der Waals surface area (Å²) < 4.78 is 38.2. The molecule has 0 fully saturated rings. The number of nitrogens with zero attached hydrogens (tertiary/aromatic N) is 2. The molecule has 0 unspecified atom stereocenters. The summed E-state index contributed by atoms with van der Waals surface area (Å²) in [5, 5.41) is 0. The fraction of sp³-hybridized carbons (Fsp3) is 0.556. The molecule has 0 aliphatic heterocycles. The van der Waals surface area contributed by atoms with E-state index >= 15 is 0 Å². The first kappa shape index (κ1) is 11.1. The Morgan fingerprint density at radius 3 is 2.40 bits per heavy atom. The van der Waals surface area contributed by atoms with E-state index in [4.69, 9.17) is 0 Å². The molecule has 1 aromatic heterocycles. The van der Waals surface area contributed by atoms with Gasteiger partial charge in [0.05, 0.1) is 0 Å². The van der Waals surface area contributed by atoms with Crippen molar-refractivity contribution in [2.24, 2.45) is 0 Å². The van der Waals surface area contributed by atoms with E-state index in [9.17, 15) is 13.2 Å². The molecule has 0 amide bonds. The number of aryl methyl sites for hydroxylation is 1. The molecule has 2 rings (SSSR count). The van der Waals surface area contributed by atoms with E-state index in [0.29, 0.717) is 24.1 Å². The van der Waals surface area contributed by atoms with Gasteiger partial charge in [-0.05, 0) is 25.7 Å². The largest absolute Gasteiger partial charge is 0.433 e. The Bertz CT molecular complexity index is 390. The van der Waals surface area contributed by atoms with Gasteiger partial charge in [0, 0.05) is 33.8 Å². The van der Waals surface area contributed by atoms with Crippen LogP contribution in [0.3, 0.4) is 0 Å². The molecule has 0 saturated heterocycles. The van der Waals surface area contributed by atoms with Crippen molar-refractivity contribution in [3.05, 3.63) is 20.8 Å². The molecule has 0 bridgehead atoms. The molecule has 0 spiro atoms. The summed E-state index contributed by atoms with van der Waals surface area (Å²) in [7, 11) is 0. The summed E-state index contributed by atoms with van der Waals surface area (Å²) >= 11 is 1.73. The number of fused-ring (bicyclic) bond motifs is 1. The van der Waals surface area contributed by atoms with Gasteiger partial charge in [0.25, 0.3) is 0 Å². The molecule has 0 saturated carbocycles. The number of alkyl halides is 3. The van der Waals surface area contributed by atoms with Crippen molar-refractivity contribution < 1.29 is 13.2 Å². The maximum atomic E-state index is 12.7. The van der Waals surface area contributed by atoms with Crippen molar-refractivity contribution in [2.45, 2.75) is 31.9 Å². The van der Waals surface area contributed by atoms with E-state index in [2.05, 4.69) is 9.97 Å². The van der Waals surface area contributed by atoms with Gasteiger partial charge < -0.3 is 0 Å². The first-order valence-corrected chi connectivity index (χ1v) is 5.69. The van der Waals surface area contributed by atoms with E-state index in [0.717, 1.165) is 12.8 Å². The van der Waals surface area contributed by atoms with E-state index in [-0.39, 0.29) is 3.83 Å². The molecule has 1 heterocycles. The summed E-state index contributed by atoms with van der Waals surface area (Å²) in [6, 6.07) is 0. The summed E-state index contributed by atoms with van der Waals surface area (Å²) in [6.45, 7) is 0. The lowest BCUT2D eigenvalue weighted by Gasteiger charge is -2.19. The first-order chi connectivity index (χ1) is 6.98. The molecule has 1 aliphatic rings. The molecule has 15 heavy (non-hydrogen) atoms. The second kappa shape index (κ2) is 3.88. The zero-order chi connectivity index (χ0) is 11.1. The van der Waals surface area contributed by atoms with Gasteiger partial charge in [-0.1, -0.05) is 0 Å². The summed E-state index contributed by atoms with van der Waals surface area (Å²) in [5.41, 5.74) is 0.138. The van der Waals surface area contributed by atoms with Crippen molar-refractivity contribution in [2.75, 3.05) is 0 Å². The Morgan fingerprint density at radius 2 is 1.73 bits per heavy atom. The minimum Gasteiger partial charge on any atom is -0.228 e. The minimum atomic E-state index is -4.36. The zero-order valence-electron chi connectivity index (χ0n) is 7.73. The van der Waals surface area contributed by atoms with Gasteiger partial charge in [-0.2, -0.15) is 13.2 Å². The van der Waals surface area contributed by atoms with Crippen LogP contribution in [0.2, 0.25) is 0 Å². The Kier molecular flexibility index (Phi) is 2.87. The molecule has 0 radical (unpaired) electrons. The number of rotatable bonds is 0. The summed E-state index contributed by atoms with van der Waals surface area (Å²) in [5.74, 6) is 0. The SMILES string of the molecule is FC(F)(F)c1nc(I)nc2c1CCCC2. The number of halogens is 4. The van der Waals surface area contributed by atoms with Crippen molar-refractivity contribution in [3.8, 4) is 0 Å². The minimum absolute atomic E-state index is 0.181. The number of hydrogen-bond acceptors (Lipinski definition) is 2. The predicted molar refractivity (Wildman–Crippen MR) is 56.4 cm³/mol. The van der Waals surface area contributed by atoms with Crippen molar-refractivity contribution >= 4 is 22.6 Å². The van der Waals surface area contributed by atoms with Gasteiger partial charge in [-0.15, -0.1) is 0 Å². The maximum Gasteiger partial charge on any atom is 0.433 e. The Morgan fingerprint density at radius 1 is 1.07 bits per heavy atom. The fourth-order valence-electron chi connectivity index (χ4n) is 1.80. The van der Waals surface area contributed by atoms with Crippen molar-refractivity contribution in [1.29, 1.82) is 0 Å². The standard InChI is InChI=1S/C9H8F3IN2/c10-9(11,12)7-5-3-1-2-4-6(5)14-8(13)15-7/h1-4H2. The van der Waals surface area contributed by atoms with Crippen molar-refractivity contribution in [3.63, 3.8) is 0 Å². The van der Waals surface area contributed by atoms with Crippen LogP contribution in [-0.2, 0) is 19.0 Å². The molecule has 0 N–H and O–H groups in total. The second-order valence-corrected chi connectivity index (χ2v) is 4.44. The third-order valence-electron chi connectivity index (χ3n) is 2.42. The number of aromatic nitrogens is 2. The van der Waals surface area contributed by atoms with Crippen LogP contribution in [0.4, 0.5) is 13.2 Å². The van der Waals surface area contributed by atoms with Crippen LogP contribution >= 0.6 is 22.6 Å². The van der Waals surface area contributed by atoms with Gasteiger partial charge in [-0.3, -0.25) is 0 Å². The van der Waals surface area contributed by atoms with Crippen LogP contribution in [0.15, 0.2) is 0 Å². The second-order valence-electron chi connectivity index (χ2n) is 3.47. The highest BCUT2D eigenvalue weighted by Gasteiger charge is 2.37. The third kappa shape index (κ3) is 2.24. The molecule has 0 aromatic carbocycles. The summed E-state index contributed by atoms with van der Waals surface area (Å²) in [4.78, 5) is 7.57. The zero-order valence-corrected chi connectivity index (χ0v) is 9.89. The van der Waals surface area contributed by atoms with Crippen LogP contribution in [0, 0.1) is 3.83 Å². The molecule has 6 heteroatoms. The lowest BCUT2D eigenvalue weighted by molar-refractivity contribution is -0.142. The molecule has 0 atom stereocenters.